The van der Waals surface area contributed by atoms with Crippen LogP contribution in [0, 0.1) is 0 Å². The minimum Gasteiger partial charge on any atom is -0.497 e. The van der Waals surface area contributed by atoms with Gasteiger partial charge < -0.3 is 10.5 Å². The van der Waals surface area contributed by atoms with Crippen LogP contribution in [0.25, 0.3) is 0 Å². The van der Waals surface area contributed by atoms with Crippen molar-refractivity contribution in [1.29, 1.82) is 0 Å². The van der Waals surface area contributed by atoms with Crippen molar-refractivity contribution >= 4 is 0 Å². The number of alkyl halides is 3. The van der Waals surface area contributed by atoms with Crippen LogP contribution in [0.2, 0.25) is 0 Å². The molecule has 1 unspecified atom stereocenters. The van der Waals surface area contributed by atoms with Crippen molar-refractivity contribution in [3.63, 3.8) is 0 Å². The quantitative estimate of drug-likeness (QED) is 0.867. The van der Waals surface area contributed by atoms with Gasteiger partial charge in [-0.2, -0.15) is 13.2 Å². The minimum absolute atomic E-state index is 0.114. The fourth-order valence-electron chi connectivity index (χ4n) is 1.31. The minimum atomic E-state index is -4.32. The fraction of sp³-hybridized carbons (Fsp3) is 0.455. The van der Waals surface area contributed by atoms with E-state index in [1.54, 1.807) is 24.3 Å². The molecular formula is C11H14F3NO. The molecule has 0 saturated heterocycles. The summed E-state index contributed by atoms with van der Waals surface area (Å²) in [4.78, 5) is 0. The first kappa shape index (κ1) is 12.8. The summed E-state index contributed by atoms with van der Waals surface area (Å²) >= 11 is 0. The summed E-state index contributed by atoms with van der Waals surface area (Å²) in [5, 5.41) is 0. The Balaban J connectivity index is 2.54. The highest BCUT2D eigenvalue weighted by molar-refractivity contribution is 5.28. The molecule has 90 valence electrons. The summed E-state index contributed by atoms with van der Waals surface area (Å²) in [6, 6.07) is 5.19. The van der Waals surface area contributed by atoms with Crippen LogP contribution < -0.4 is 10.5 Å². The predicted molar refractivity (Wildman–Crippen MR) is 55.3 cm³/mol. The molecule has 0 aromatic heterocycles. The van der Waals surface area contributed by atoms with E-state index in [-0.39, 0.29) is 12.8 Å². The molecule has 2 N–H and O–H groups in total. The average molecular weight is 233 g/mol. The molecule has 0 aliphatic heterocycles. The Kier molecular flexibility index (Phi) is 4.18. The number of rotatable bonds is 4. The van der Waals surface area contributed by atoms with Gasteiger partial charge >= 0.3 is 6.18 Å². The van der Waals surface area contributed by atoms with Gasteiger partial charge in [-0.15, -0.1) is 0 Å². The molecule has 0 heterocycles. The normalized spacial score (nSPS) is 13.6. The van der Waals surface area contributed by atoms with E-state index in [0.717, 1.165) is 5.56 Å². The molecule has 0 bridgehead atoms. The lowest BCUT2D eigenvalue weighted by molar-refractivity contribution is -0.148. The van der Waals surface area contributed by atoms with Crippen molar-refractivity contribution in [3.05, 3.63) is 29.8 Å². The highest BCUT2D eigenvalue weighted by atomic mass is 19.4. The van der Waals surface area contributed by atoms with Gasteiger partial charge in [0, 0.05) is 0 Å². The Morgan fingerprint density at radius 1 is 1.38 bits per heavy atom. The van der Waals surface area contributed by atoms with Crippen molar-refractivity contribution in [2.75, 3.05) is 7.11 Å². The van der Waals surface area contributed by atoms with E-state index in [9.17, 15) is 13.2 Å². The van der Waals surface area contributed by atoms with E-state index in [1.165, 1.54) is 7.11 Å². The second-order valence-corrected chi connectivity index (χ2v) is 3.54. The third-order valence-electron chi connectivity index (χ3n) is 2.30. The van der Waals surface area contributed by atoms with Crippen LogP contribution in [0.15, 0.2) is 24.3 Å². The number of hydrogen-bond acceptors (Lipinski definition) is 2. The Morgan fingerprint density at radius 3 is 2.62 bits per heavy atom. The predicted octanol–water partition coefficient (Wildman–Crippen LogP) is 2.52. The highest BCUT2D eigenvalue weighted by Gasteiger charge is 2.35. The smallest absolute Gasteiger partial charge is 0.403 e. The SMILES string of the molecule is COc1cccc(CCC(N)C(F)(F)F)c1. The molecule has 1 aromatic rings. The van der Waals surface area contributed by atoms with Crippen molar-refractivity contribution in [3.8, 4) is 5.75 Å². The van der Waals surface area contributed by atoms with E-state index in [2.05, 4.69) is 0 Å². The Labute approximate surface area is 92.2 Å². The van der Waals surface area contributed by atoms with Gasteiger partial charge in [-0.3, -0.25) is 0 Å². The fourth-order valence-corrected chi connectivity index (χ4v) is 1.31. The molecule has 2 nitrogen and oxygen atoms in total. The first-order valence-electron chi connectivity index (χ1n) is 4.88. The zero-order valence-electron chi connectivity index (χ0n) is 8.92. The number of methoxy groups -OCH3 is 1. The molecule has 0 amide bonds. The van der Waals surface area contributed by atoms with Crippen molar-refractivity contribution in [2.24, 2.45) is 5.73 Å². The van der Waals surface area contributed by atoms with Crippen molar-refractivity contribution < 1.29 is 17.9 Å². The maximum atomic E-state index is 12.1. The molecule has 1 rings (SSSR count). The van der Waals surface area contributed by atoms with Gasteiger partial charge in [-0.1, -0.05) is 12.1 Å². The van der Waals surface area contributed by atoms with E-state index in [1.807, 2.05) is 0 Å². The highest BCUT2D eigenvalue weighted by Crippen LogP contribution is 2.22. The maximum Gasteiger partial charge on any atom is 0.403 e. The third-order valence-corrected chi connectivity index (χ3v) is 2.30. The molecule has 0 radical (unpaired) electrons. The summed E-state index contributed by atoms with van der Waals surface area (Å²) in [6.45, 7) is 0. The van der Waals surface area contributed by atoms with Crippen molar-refractivity contribution in [1.82, 2.24) is 0 Å². The molecule has 1 aromatic carbocycles. The Bertz CT molecular complexity index is 338. The lowest BCUT2D eigenvalue weighted by Gasteiger charge is -2.15. The summed E-state index contributed by atoms with van der Waals surface area (Å²) in [6.07, 6.45) is -4.15. The number of halogens is 3. The molecule has 16 heavy (non-hydrogen) atoms. The number of nitrogens with two attached hydrogens (primary N) is 1. The maximum absolute atomic E-state index is 12.1. The van der Waals surface area contributed by atoms with Gasteiger partial charge in [0.15, 0.2) is 0 Å². The number of ether oxygens (including phenoxy) is 1. The summed E-state index contributed by atoms with van der Waals surface area (Å²) in [7, 11) is 1.51. The lowest BCUT2D eigenvalue weighted by atomic mass is 10.1. The molecule has 0 spiro atoms. The third kappa shape index (κ3) is 3.73. The first-order chi connectivity index (χ1) is 7.43. The number of aryl methyl sites for hydroxylation is 1. The van der Waals surface area contributed by atoms with Crippen LogP contribution in [0.4, 0.5) is 13.2 Å². The molecule has 5 heteroatoms. The summed E-state index contributed by atoms with van der Waals surface area (Å²) in [5.74, 6) is 0.637. The topological polar surface area (TPSA) is 35.2 Å². The van der Waals surface area contributed by atoms with Gasteiger partial charge in [0.05, 0.1) is 7.11 Å². The van der Waals surface area contributed by atoms with E-state index < -0.39 is 12.2 Å². The van der Waals surface area contributed by atoms with Crippen LogP contribution in [0.3, 0.4) is 0 Å². The molecule has 1 atom stereocenters. The monoisotopic (exact) mass is 233 g/mol. The molecule has 0 aliphatic rings. The molecular weight excluding hydrogens is 219 g/mol. The van der Waals surface area contributed by atoms with Crippen LogP contribution in [0.5, 0.6) is 5.75 Å². The van der Waals surface area contributed by atoms with Gasteiger partial charge in [-0.25, -0.2) is 0 Å². The van der Waals surface area contributed by atoms with Gasteiger partial charge in [0.1, 0.15) is 11.8 Å². The average Bonchev–Trinajstić information content (AvgIpc) is 2.25. The standard InChI is InChI=1S/C11H14F3NO/c1-16-9-4-2-3-8(7-9)5-6-10(15)11(12,13)14/h2-4,7,10H,5-6,15H2,1H3. The van der Waals surface area contributed by atoms with Gasteiger partial charge in [-0.05, 0) is 30.5 Å². The van der Waals surface area contributed by atoms with Crippen LogP contribution in [0.1, 0.15) is 12.0 Å². The van der Waals surface area contributed by atoms with Crippen LogP contribution in [-0.4, -0.2) is 19.3 Å². The molecule has 0 saturated carbocycles. The first-order valence-corrected chi connectivity index (χ1v) is 4.88. The summed E-state index contributed by atoms with van der Waals surface area (Å²) in [5.41, 5.74) is 5.80. The van der Waals surface area contributed by atoms with E-state index in [4.69, 9.17) is 10.5 Å². The van der Waals surface area contributed by atoms with Gasteiger partial charge in [0.25, 0.3) is 0 Å². The molecule has 0 aliphatic carbocycles. The lowest BCUT2D eigenvalue weighted by Crippen LogP contribution is -2.37. The number of benzene rings is 1. The summed E-state index contributed by atoms with van der Waals surface area (Å²) < 4.78 is 41.4. The second-order valence-electron chi connectivity index (χ2n) is 3.54. The zero-order valence-corrected chi connectivity index (χ0v) is 8.92. The Morgan fingerprint density at radius 2 is 2.06 bits per heavy atom. The molecule has 0 fully saturated rings. The van der Waals surface area contributed by atoms with E-state index in [0.29, 0.717) is 5.75 Å². The number of hydrogen-bond donors (Lipinski definition) is 1. The zero-order chi connectivity index (χ0) is 12.2. The van der Waals surface area contributed by atoms with Crippen LogP contribution >= 0.6 is 0 Å². The van der Waals surface area contributed by atoms with Crippen LogP contribution in [-0.2, 0) is 6.42 Å². The largest absolute Gasteiger partial charge is 0.497 e. The van der Waals surface area contributed by atoms with E-state index >= 15 is 0 Å². The Hall–Kier alpha value is -1.23. The van der Waals surface area contributed by atoms with Gasteiger partial charge in [0.2, 0.25) is 0 Å². The second kappa shape index (κ2) is 5.21. The van der Waals surface area contributed by atoms with Crippen molar-refractivity contribution in [2.45, 2.75) is 25.1 Å².